The first-order valence-electron chi connectivity index (χ1n) is 9.04. The van der Waals surface area contributed by atoms with E-state index < -0.39 is 0 Å². The first-order chi connectivity index (χ1) is 12.2. The van der Waals surface area contributed by atoms with Gasteiger partial charge in [-0.2, -0.15) is 0 Å². The van der Waals surface area contributed by atoms with Gasteiger partial charge < -0.3 is 14.7 Å². The van der Waals surface area contributed by atoms with E-state index in [0.29, 0.717) is 12.6 Å². The van der Waals surface area contributed by atoms with E-state index in [2.05, 4.69) is 53.2 Å². The van der Waals surface area contributed by atoms with Crippen molar-refractivity contribution in [2.24, 2.45) is 0 Å². The van der Waals surface area contributed by atoms with Crippen LogP contribution in [0, 0.1) is 0 Å². The molecule has 3 rings (SSSR count). The van der Waals surface area contributed by atoms with Gasteiger partial charge in [0, 0.05) is 38.8 Å². The zero-order valence-electron chi connectivity index (χ0n) is 15.0. The van der Waals surface area contributed by atoms with E-state index >= 15 is 0 Å². The molecule has 0 unspecified atom stereocenters. The normalized spacial score (nSPS) is 19.0. The van der Waals surface area contributed by atoms with Crippen LogP contribution >= 0.6 is 0 Å². The Kier molecular flexibility index (Phi) is 6.45. The Bertz CT molecular complexity index is 630. The lowest BCUT2D eigenvalue weighted by Gasteiger charge is -2.39. The summed E-state index contributed by atoms with van der Waals surface area (Å²) in [4.78, 5) is 4.83. The fraction of sp³-hybridized carbons (Fsp3) is 0.429. The minimum absolute atomic E-state index is 0.260. The molecule has 2 aromatic carbocycles. The van der Waals surface area contributed by atoms with Crippen molar-refractivity contribution >= 4 is 0 Å². The molecule has 1 fully saturated rings. The Labute approximate surface area is 150 Å². The molecule has 0 aliphatic carbocycles. The van der Waals surface area contributed by atoms with Crippen LogP contribution < -0.4 is 4.74 Å². The third-order valence-corrected chi connectivity index (χ3v) is 4.90. The summed E-state index contributed by atoms with van der Waals surface area (Å²) >= 11 is 0. The maximum atomic E-state index is 9.22. The summed E-state index contributed by atoms with van der Waals surface area (Å²) in [7, 11) is 2.15. The number of nitrogens with zero attached hydrogens (tertiary/aromatic N) is 2. The Morgan fingerprint density at radius 2 is 1.76 bits per heavy atom. The number of benzene rings is 2. The van der Waals surface area contributed by atoms with Crippen LogP contribution in [0.25, 0.3) is 0 Å². The van der Waals surface area contributed by atoms with Gasteiger partial charge >= 0.3 is 0 Å². The maximum Gasteiger partial charge on any atom is 0.119 e. The third kappa shape index (κ3) is 5.30. The van der Waals surface area contributed by atoms with E-state index in [9.17, 15) is 5.11 Å². The summed E-state index contributed by atoms with van der Waals surface area (Å²) in [5.41, 5.74) is 2.48. The molecule has 0 amide bonds. The molecule has 4 nitrogen and oxygen atoms in total. The van der Waals surface area contributed by atoms with Gasteiger partial charge in [-0.25, -0.2) is 0 Å². The van der Waals surface area contributed by atoms with Crippen molar-refractivity contribution in [2.75, 3.05) is 33.3 Å². The smallest absolute Gasteiger partial charge is 0.119 e. The number of aliphatic hydroxyl groups excluding tert-OH is 1. The molecule has 1 saturated heterocycles. The Morgan fingerprint density at radius 1 is 1.00 bits per heavy atom. The highest BCUT2D eigenvalue weighted by Gasteiger charge is 2.23. The second-order valence-electron chi connectivity index (χ2n) is 6.80. The van der Waals surface area contributed by atoms with Crippen LogP contribution in [0.15, 0.2) is 54.6 Å². The largest absolute Gasteiger partial charge is 0.489 e. The van der Waals surface area contributed by atoms with Gasteiger partial charge in [0.15, 0.2) is 0 Å². The number of rotatable bonds is 7. The zero-order chi connectivity index (χ0) is 17.5. The maximum absolute atomic E-state index is 9.22. The molecule has 2 aromatic rings. The fourth-order valence-corrected chi connectivity index (χ4v) is 3.30. The first kappa shape index (κ1) is 17.9. The van der Waals surface area contributed by atoms with E-state index in [1.807, 2.05) is 18.2 Å². The van der Waals surface area contributed by atoms with Crippen LogP contribution in [0.4, 0.5) is 0 Å². The minimum atomic E-state index is 0.260. The summed E-state index contributed by atoms with van der Waals surface area (Å²) in [6.07, 6.45) is 0.846. The number of piperazine rings is 1. The fourth-order valence-electron chi connectivity index (χ4n) is 3.30. The lowest BCUT2D eigenvalue weighted by molar-refractivity contribution is 0.0743. The van der Waals surface area contributed by atoms with Gasteiger partial charge in [0.1, 0.15) is 12.4 Å². The zero-order valence-corrected chi connectivity index (χ0v) is 15.0. The lowest BCUT2D eigenvalue weighted by Crippen LogP contribution is -2.51. The third-order valence-electron chi connectivity index (χ3n) is 4.90. The molecular weight excluding hydrogens is 312 g/mol. The molecule has 0 bridgehead atoms. The van der Waals surface area contributed by atoms with Crippen LogP contribution in [0.5, 0.6) is 5.75 Å². The SMILES string of the molecule is CN1CCN(Cc2ccc(OCc3ccccc3)cc2)C[C@H]1CCO. The highest BCUT2D eigenvalue weighted by molar-refractivity contribution is 5.28. The van der Waals surface area contributed by atoms with Gasteiger partial charge in [-0.1, -0.05) is 42.5 Å². The highest BCUT2D eigenvalue weighted by Crippen LogP contribution is 2.18. The summed E-state index contributed by atoms with van der Waals surface area (Å²) < 4.78 is 5.85. The van der Waals surface area contributed by atoms with E-state index in [1.54, 1.807) is 0 Å². The molecule has 0 aromatic heterocycles. The number of ether oxygens (including phenoxy) is 1. The molecule has 1 atom stereocenters. The number of hydrogen-bond donors (Lipinski definition) is 1. The second kappa shape index (κ2) is 8.99. The minimum Gasteiger partial charge on any atom is -0.489 e. The highest BCUT2D eigenvalue weighted by atomic mass is 16.5. The molecular formula is C21H28N2O2. The van der Waals surface area contributed by atoms with E-state index in [0.717, 1.165) is 38.3 Å². The lowest BCUT2D eigenvalue weighted by atomic mass is 10.1. The standard InChI is InChI=1S/C21H28N2O2/c1-22-12-13-23(16-20(22)11-14-24)15-18-7-9-21(10-8-18)25-17-19-5-3-2-4-6-19/h2-10,20,24H,11-17H2,1H3/t20-/m1/s1. The molecule has 1 aliphatic rings. The quantitative estimate of drug-likeness (QED) is 0.841. The van der Waals surface area contributed by atoms with Crippen LogP contribution in [-0.4, -0.2) is 54.2 Å². The first-order valence-corrected chi connectivity index (χ1v) is 9.04. The summed E-state index contributed by atoms with van der Waals surface area (Å²) in [6.45, 7) is 4.96. The molecule has 25 heavy (non-hydrogen) atoms. The molecule has 134 valence electrons. The number of hydrogen-bond acceptors (Lipinski definition) is 4. The van der Waals surface area contributed by atoms with Crippen molar-refractivity contribution in [3.05, 3.63) is 65.7 Å². The van der Waals surface area contributed by atoms with E-state index in [-0.39, 0.29) is 6.61 Å². The molecule has 4 heteroatoms. The van der Waals surface area contributed by atoms with Crippen molar-refractivity contribution in [1.29, 1.82) is 0 Å². The number of aliphatic hydroxyl groups is 1. The van der Waals surface area contributed by atoms with Gasteiger partial charge in [0.05, 0.1) is 0 Å². The summed E-state index contributed by atoms with van der Waals surface area (Å²) in [5, 5.41) is 9.22. The molecule has 0 radical (unpaired) electrons. The van der Waals surface area contributed by atoms with Crippen LogP contribution in [-0.2, 0) is 13.2 Å². The molecule has 0 saturated carbocycles. The monoisotopic (exact) mass is 340 g/mol. The van der Waals surface area contributed by atoms with Gasteiger partial charge in [0.2, 0.25) is 0 Å². The van der Waals surface area contributed by atoms with Crippen molar-refractivity contribution in [3.8, 4) is 5.75 Å². The van der Waals surface area contributed by atoms with Gasteiger partial charge in [-0.3, -0.25) is 4.90 Å². The molecule has 1 aliphatic heterocycles. The Hall–Kier alpha value is -1.88. The molecule has 0 spiro atoms. The van der Waals surface area contributed by atoms with E-state index in [1.165, 1.54) is 11.1 Å². The average molecular weight is 340 g/mol. The van der Waals surface area contributed by atoms with Crippen molar-refractivity contribution in [3.63, 3.8) is 0 Å². The van der Waals surface area contributed by atoms with Crippen molar-refractivity contribution in [1.82, 2.24) is 9.80 Å². The Morgan fingerprint density at radius 3 is 2.48 bits per heavy atom. The van der Waals surface area contributed by atoms with Crippen LogP contribution in [0.2, 0.25) is 0 Å². The predicted molar refractivity (Wildman–Crippen MR) is 101 cm³/mol. The van der Waals surface area contributed by atoms with E-state index in [4.69, 9.17) is 4.74 Å². The molecule has 1 N–H and O–H groups in total. The van der Waals surface area contributed by atoms with Gasteiger partial charge in [-0.05, 0) is 36.7 Å². The number of likely N-dealkylation sites (N-methyl/N-ethyl adjacent to an activating group) is 1. The summed E-state index contributed by atoms with van der Waals surface area (Å²) in [5.74, 6) is 0.907. The van der Waals surface area contributed by atoms with Crippen molar-refractivity contribution < 1.29 is 9.84 Å². The predicted octanol–water partition coefficient (Wildman–Crippen LogP) is 2.76. The topological polar surface area (TPSA) is 35.9 Å². The molecule has 1 heterocycles. The summed E-state index contributed by atoms with van der Waals surface area (Å²) in [6, 6.07) is 19.1. The van der Waals surface area contributed by atoms with Crippen LogP contribution in [0.1, 0.15) is 17.5 Å². The second-order valence-corrected chi connectivity index (χ2v) is 6.80. The van der Waals surface area contributed by atoms with Crippen LogP contribution in [0.3, 0.4) is 0 Å². The van der Waals surface area contributed by atoms with Crippen molar-refractivity contribution in [2.45, 2.75) is 25.6 Å². The van der Waals surface area contributed by atoms with Gasteiger partial charge in [-0.15, -0.1) is 0 Å². The average Bonchev–Trinajstić information content (AvgIpc) is 2.65. The van der Waals surface area contributed by atoms with Gasteiger partial charge in [0.25, 0.3) is 0 Å². The Balaban J connectivity index is 1.50.